The number of benzene rings is 1. The fraction of sp³-hybridized carbons (Fsp3) is 0.462. The minimum Gasteiger partial charge on any atom is -0.444 e. The predicted octanol–water partition coefficient (Wildman–Crippen LogP) is 3.40. The van der Waals surface area contributed by atoms with E-state index in [0.29, 0.717) is 6.54 Å². The van der Waals surface area contributed by atoms with Gasteiger partial charge in [0.2, 0.25) is 0 Å². The quantitative estimate of drug-likeness (QED) is 0.877. The van der Waals surface area contributed by atoms with Crippen molar-refractivity contribution < 1.29 is 9.53 Å². The van der Waals surface area contributed by atoms with Gasteiger partial charge in [-0.2, -0.15) is 0 Å². The topological polar surface area (TPSA) is 64.3 Å². The van der Waals surface area contributed by atoms with Gasteiger partial charge >= 0.3 is 6.09 Å². The van der Waals surface area contributed by atoms with Crippen molar-refractivity contribution >= 4 is 34.4 Å². The van der Waals surface area contributed by atoms with E-state index in [0.717, 1.165) is 10.0 Å². The van der Waals surface area contributed by atoms with Crippen LogP contribution >= 0.6 is 28.3 Å². The van der Waals surface area contributed by atoms with Gasteiger partial charge in [-0.05, 0) is 32.4 Å². The van der Waals surface area contributed by atoms with Crippen LogP contribution in [-0.4, -0.2) is 18.2 Å². The Kier molecular flexibility index (Phi) is 7.41. The number of halogens is 2. The highest BCUT2D eigenvalue weighted by Gasteiger charge is 2.17. The molecule has 0 aliphatic rings. The van der Waals surface area contributed by atoms with E-state index in [1.165, 1.54) is 0 Å². The van der Waals surface area contributed by atoms with Crippen LogP contribution < -0.4 is 11.1 Å². The third-order valence-electron chi connectivity index (χ3n) is 2.17. The lowest BCUT2D eigenvalue weighted by Gasteiger charge is -2.21. The minimum atomic E-state index is -0.499. The molecular formula is C13H20BrClN2O2. The number of hydrogen-bond donors (Lipinski definition) is 2. The Morgan fingerprint density at radius 1 is 1.42 bits per heavy atom. The van der Waals surface area contributed by atoms with Crippen molar-refractivity contribution in [3.05, 3.63) is 34.3 Å². The molecule has 108 valence electrons. The summed E-state index contributed by atoms with van der Waals surface area (Å²) in [5, 5.41) is 2.66. The van der Waals surface area contributed by atoms with E-state index >= 15 is 0 Å². The van der Waals surface area contributed by atoms with E-state index in [1.54, 1.807) is 0 Å². The predicted molar refractivity (Wildman–Crippen MR) is 82.6 cm³/mol. The Balaban J connectivity index is 0.00000324. The number of alkyl carbamates (subject to hydrolysis) is 1. The van der Waals surface area contributed by atoms with Crippen molar-refractivity contribution in [3.63, 3.8) is 0 Å². The van der Waals surface area contributed by atoms with Crippen molar-refractivity contribution in [2.75, 3.05) is 6.54 Å². The molecule has 3 N–H and O–H groups in total. The largest absolute Gasteiger partial charge is 0.444 e. The van der Waals surface area contributed by atoms with Crippen LogP contribution in [0.3, 0.4) is 0 Å². The summed E-state index contributed by atoms with van der Waals surface area (Å²) in [6.07, 6.45) is -0.454. The average molecular weight is 352 g/mol. The second-order valence-electron chi connectivity index (χ2n) is 5.01. The maximum Gasteiger partial charge on any atom is 0.407 e. The molecule has 0 heterocycles. The summed E-state index contributed by atoms with van der Waals surface area (Å²) in [5.41, 5.74) is 6.46. The molecule has 4 nitrogen and oxygen atoms in total. The second-order valence-corrected chi connectivity index (χ2v) is 5.87. The van der Waals surface area contributed by atoms with Crippen LogP contribution in [-0.2, 0) is 4.74 Å². The third kappa shape index (κ3) is 6.80. The first-order valence-corrected chi connectivity index (χ1v) is 6.56. The lowest BCUT2D eigenvalue weighted by Crippen LogP contribution is -2.36. The number of amides is 1. The normalized spacial score (nSPS) is 12.3. The van der Waals surface area contributed by atoms with Crippen molar-refractivity contribution in [1.29, 1.82) is 0 Å². The molecule has 1 amide bonds. The maximum absolute atomic E-state index is 11.5. The van der Waals surface area contributed by atoms with E-state index in [-0.39, 0.29) is 18.4 Å². The third-order valence-corrected chi connectivity index (χ3v) is 2.89. The summed E-state index contributed by atoms with van der Waals surface area (Å²) in [6.45, 7) is 5.79. The lowest BCUT2D eigenvalue weighted by atomic mass is 10.1. The summed E-state index contributed by atoms with van der Waals surface area (Å²) < 4.78 is 6.07. The monoisotopic (exact) mass is 350 g/mol. The summed E-state index contributed by atoms with van der Waals surface area (Å²) in [7, 11) is 0. The highest BCUT2D eigenvalue weighted by atomic mass is 79.9. The first-order chi connectivity index (χ1) is 8.29. The summed E-state index contributed by atoms with van der Waals surface area (Å²) in [6, 6.07) is 7.40. The number of nitrogens with two attached hydrogens (primary N) is 1. The Bertz CT molecular complexity index is 421. The number of rotatable bonds is 3. The Labute approximate surface area is 128 Å². The number of hydrogen-bond acceptors (Lipinski definition) is 3. The smallest absolute Gasteiger partial charge is 0.407 e. The molecule has 1 aromatic carbocycles. The van der Waals surface area contributed by atoms with E-state index in [4.69, 9.17) is 10.5 Å². The molecule has 19 heavy (non-hydrogen) atoms. The van der Waals surface area contributed by atoms with E-state index in [9.17, 15) is 4.79 Å². The van der Waals surface area contributed by atoms with Gasteiger partial charge in [-0.25, -0.2) is 4.79 Å². The molecule has 1 aromatic rings. The van der Waals surface area contributed by atoms with Crippen molar-refractivity contribution in [3.8, 4) is 0 Å². The SMILES string of the molecule is CC(C)(C)OC(=O)NCC(N)c1ccccc1Br.Cl. The van der Waals surface area contributed by atoms with Crippen LogP contribution in [0.5, 0.6) is 0 Å². The van der Waals surface area contributed by atoms with Gasteiger partial charge in [0.05, 0.1) is 0 Å². The van der Waals surface area contributed by atoms with Gasteiger partial charge in [0, 0.05) is 17.1 Å². The van der Waals surface area contributed by atoms with Crippen molar-refractivity contribution in [2.24, 2.45) is 5.73 Å². The fourth-order valence-electron chi connectivity index (χ4n) is 1.39. The lowest BCUT2D eigenvalue weighted by molar-refractivity contribution is 0.0524. The first kappa shape index (κ1) is 18.2. The molecule has 0 saturated heterocycles. The van der Waals surface area contributed by atoms with E-state index in [2.05, 4.69) is 21.2 Å². The molecule has 1 rings (SSSR count). The zero-order chi connectivity index (χ0) is 13.8. The number of ether oxygens (including phenoxy) is 1. The summed E-state index contributed by atoms with van der Waals surface area (Å²) >= 11 is 3.43. The molecule has 1 atom stereocenters. The summed E-state index contributed by atoms with van der Waals surface area (Å²) in [5.74, 6) is 0. The molecule has 0 saturated carbocycles. The van der Waals surface area contributed by atoms with Gasteiger partial charge in [-0.3, -0.25) is 0 Å². The molecule has 0 fully saturated rings. The van der Waals surface area contributed by atoms with Crippen LogP contribution in [0.1, 0.15) is 32.4 Å². The van der Waals surface area contributed by atoms with E-state index < -0.39 is 11.7 Å². The Morgan fingerprint density at radius 3 is 2.53 bits per heavy atom. The average Bonchev–Trinajstić information content (AvgIpc) is 2.24. The standard InChI is InChI=1S/C13H19BrN2O2.ClH/c1-13(2,3)18-12(17)16-8-11(15)9-6-4-5-7-10(9)14;/h4-7,11H,8,15H2,1-3H3,(H,16,17);1H. The number of carbonyl (C=O) groups excluding carboxylic acids is 1. The van der Waals surface area contributed by atoms with E-state index in [1.807, 2.05) is 45.0 Å². The Hall–Kier alpha value is -0.780. The molecule has 0 aliphatic carbocycles. The molecule has 0 aliphatic heterocycles. The van der Waals surface area contributed by atoms with Gasteiger partial charge in [0.25, 0.3) is 0 Å². The molecule has 0 spiro atoms. The van der Waals surface area contributed by atoms with Gasteiger partial charge < -0.3 is 15.8 Å². The maximum atomic E-state index is 11.5. The highest BCUT2D eigenvalue weighted by molar-refractivity contribution is 9.10. The fourth-order valence-corrected chi connectivity index (χ4v) is 1.97. The van der Waals surface area contributed by atoms with Gasteiger partial charge in [0.15, 0.2) is 0 Å². The Morgan fingerprint density at radius 2 is 2.00 bits per heavy atom. The van der Waals surface area contributed by atoms with Crippen molar-refractivity contribution in [1.82, 2.24) is 5.32 Å². The second kappa shape index (κ2) is 7.72. The molecule has 0 aromatic heterocycles. The van der Waals surface area contributed by atoms with Crippen LogP contribution in [0.4, 0.5) is 4.79 Å². The number of nitrogens with one attached hydrogen (secondary N) is 1. The molecule has 6 heteroatoms. The van der Waals surface area contributed by atoms with Gasteiger partial charge in [-0.15, -0.1) is 12.4 Å². The molecule has 0 bridgehead atoms. The highest BCUT2D eigenvalue weighted by Crippen LogP contribution is 2.21. The molecular weight excluding hydrogens is 332 g/mol. The van der Waals surface area contributed by atoms with Crippen LogP contribution in [0.2, 0.25) is 0 Å². The van der Waals surface area contributed by atoms with Crippen molar-refractivity contribution in [2.45, 2.75) is 32.4 Å². The van der Waals surface area contributed by atoms with Crippen LogP contribution in [0.25, 0.3) is 0 Å². The van der Waals surface area contributed by atoms with Gasteiger partial charge in [0.1, 0.15) is 5.60 Å². The zero-order valence-corrected chi connectivity index (χ0v) is 13.7. The van der Waals surface area contributed by atoms with Crippen LogP contribution in [0, 0.1) is 0 Å². The summed E-state index contributed by atoms with van der Waals surface area (Å²) in [4.78, 5) is 11.5. The van der Waals surface area contributed by atoms with Gasteiger partial charge in [-0.1, -0.05) is 34.1 Å². The minimum absolute atomic E-state index is 0. The molecule has 1 unspecified atom stereocenters. The van der Waals surface area contributed by atoms with Crippen LogP contribution in [0.15, 0.2) is 28.7 Å². The molecule has 0 radical (unpaired) electrons. The first-order valence-electron chi connectivity index (χ1n) is 5.76. The number of carbonyl (C=O) groups is 1. The zero-order valence-electron chi connectivity index (χ0n) is 11.3.